The van der Waals surface area contributed by atoms with Crippen molar-refractivity contribution in [2.45, 2.75) is 37.1 Å². The third-order valence-corrected chi connectivity index (χ3v) is 8.62. The third-order valence-electron chi connectivity index (χ3n) is 6.15. The van der Waals surface area contributed by atoms with Crippen LogP contribution in [0.4, 0.5) is 0 Å². The van der Waals surface area contributed by atoms with Crippen molar-refractivity contribution in [2.75, 3.05) is 20.8 Å². The summed E-state index contributed by atoms with van der Waals surface area (Å²) in [6.45, 7) is 5.52. The highest BCUT2D eigenvalue weighted by Gasteiger charge is 2.35. The minimum atomic E-state index is -0.831. The minimum absolute atomic E-state index is 0.173. The van der Waals surface area contributed by atoms with Crippen LogP contribution in [0.15, 0.2) is 76.7 Å². The number of carbonyl (C=O) groups excluding carboxylic acids is 1. The molecule has 4 aromatic rings. The van der Waals surface area contributed by atoms with Crippen molar-refractivity contribution in [1.29, 1.82) is 0 Å². The average Bonchev–Trinajstić information content (AvgIpc) is 3.50. The van der Waals surface area contributed by atoms with Crippen molar-refractivity contribution < 1.29 is 23.4 Å². The van der Waals surface area contributed by atoms with Gasteiger partial charge in [-0.3, -0.25) is 9.36 Å². The number of thiazole rings is 1. The quantitative estimate of drug-likeness (QED) is 0.201. The van der Waals surface area contributed by atoms with Crippen LogP contribution in [0.5, 0.6) is 11.5 Å². The normalized spacial score (nSPS) is 15.0. The number of esters is 1. The topological polar surface area (TPSA) is 118 Å². The molecule has 0 saturated heterocycles. The van der Waals surface area contributed by atoms with Gasteiger partial charge in [0.05, 0.1) is 42.7 Å². The lowest BCUT2D eigenvalue weighted by molar-refractivity contribution is -0.139. The number of hydrogen-bond acceptors (Lipinski definition) is 11. The van der Waals surface area contributed by atoms with E-state index < -0.39 is 12.0 Å². The molecular formula is C28H25BrN4O6S2. The lowest BCUT2D eigenvalue weighted by Gasteiger charge is -2.26. The first-order valence-electron chi connectivity index (χ1n) is 12.4. The number of benzene rings is 1. The molecular weight excluding hydrogens is 632 g/mol. The number of furan rings is 1. The first kappa shape index (κ1) is 28.8. The van der Waals surface area contributed by atoms with Crippen LogP contribution in [-0.4, -0.2) is 41.3 Å². The Morgan fingerprint density at radius 1 is 1.20 bits per heavy atom. The third kappa shape index (κ3) is 5.74. The lowest BCUT2D eigenvalue weighted by atomic mass is 9.95. The van der Waals surface area contributed by atoms with Crippen LogP contribution in [0, 0.1) is 6.92 Å². The Kier molecular flexibility index (Phi) is 8.47. The maximum Gasteiger partial charge on any atom is 0.338 e. The number of rotatable bonds is 8. The predicted molar refractivity (Wildman–Crippen MR) is 157 cm³/mol. The predicted octanol–water partition coefficient (Wildman–Crippen LogP) is 4.42. The molecule has 13 heteroatoms. The Labute approximate surface area is 251 Å². The van der Waals surface area contributed by atoms with Crippen molar-refractivity contribution in [3.05, 3.63) is 89.0 Å². The van der Waals surface area contributed by atoms with Crippen LogP contribution >= 0.6 is 39.0 Å². The van der Waals surface area contributed by atoms with Gasteiger partial charge in [-0.05, 0) is 68.4 Å². The van der Waals surface area contributed by atoms with Crippen LogP contribution in [0.3, 0.4) is 0 Å². The number of ether oxygens (including phenoxy) is 3. The summed E-state index contributed by atoms with van der Waals surface area (Å²) in [5.41, 5.74) is 1.85. The summed E-state index contributed by atoms with van der Waals surface area (Å²) in [7, 11) is 3.06. The highest BCUT2D eigenvalue weighted by molar-refractivity contribution is 9.10. The zero-order chi connectivity index (χ0) is 29.3. The van der Waals surface area contributed by atoms with Crippen molar-refractivity contribution in [1.82, 2.24) is 14.5 Å². The van der Waals surface area contributed by atoms with Crippen molar-refractivity contribution in [3.63, 3.8) is 0 Å². The molecule has 5 rings (SSSR count). The monoisotopic (exact) mass is 656 g/mol. The zero-order valence-corrected chi connectivity index (χ0v) is 26.0. The van der Waals surface area contributed by atoms with E-state index in [2.05, 4.69) is 30.9 Å². The highest BCUT2D eigenvalue weighted by atomic mass is 79.9. The molecule has 0 amide bonds. The van der Waals surface area contributed by atoms with Gasteiger partial charge < -0.3 is 18.6 Å². The molecule has 1 aliphatic rings. The molecule has 0 fully saturated rings. The fourth-order valence-corrected chi connectivity index (χ4v) is 6.65. The van der Waals surface area contributed by atoms with Gasteiger partial charge in [-0.25, -0.2) is 19.8 Å². The largest absolute Gasteiger partial charge is 0.493 e. The van der Waals surface area contributed by atoms with E-state index in [0.29, 0.717) is 52.6 Å². The van der Waals surface area contributed by atoms with Crippen molar-refractivity contribution in [2.24, 2.45) is 4.99 Å². The molecule has 3 aromatic heterocycles. The molecule has 4 heterocycles. The summed E-state index contributed by atoms with van der Waals surface area (Å²) in [4.78, 5) is 40.8. The molecule has 212 valence electrons. The molecule has 0 saturated carbocycles. The standard InChI is InChI=1S/C28H25BrN4O6S2/c1-6-38-26(35)23-15(3)32-28-33(24(23)17-12-19(36-4)20(37-5)13-18(17)29)25(34)21(40-28)11-16-7-8-22(39-16)41-27-30-10-9-14(2)31-27/h7-13,24H,6H2,1-5H3/b21-11+/t24-/m0/s1. The van der Waals surface area contributed by atoms with Crippen LogP contribution in [0.1, 0.15) is 36.9 Å². The van der Waals surface area contributed by atoms with E-state index in [4.69, 9.17) is 18.6 Å². The number of methoxy groups -OCH3 is 2. The molecule has 0 spiro atoms. The number of hydrogen-bond donors (Lipinski definition) is 0. The van der Waals surface area contributed by atoms with Crippen LogP contribution < -0.4 is 24.4 Å². The Morgan fingerprint density at radius 2 is 1.95 bits per heavy atom. The van der Waals surface area contributed by atoms with Crippen LogP contribution in [0.2, 0.25) is 0 Å². The first-order valence-corrected chi connectivity index (χ1v) is 14.8. The van der Waals surface area contributed by atoms with Gasteiger partial charge in [-0.15, -0.1) is 0 Å². The Morgan fingerprint density at radius 3 is 2.66 bits per heavy atom. The number of aryl methyl sites for hydroxylation is 1. The SMILES string of the molecule is CCOC(=O)C1=C(C)N=c2s/c(=C/c3ccc(Sc4nccc(C)n4)o3)c(=O)n2[C@H]1c1cc(OC)c(OC)cc1Br. The Bertz CT molecular complexity index is 1860. The lowest BCUT2D eigenvalue weighted by Crippen LogP contribution is -2.40. The first-order chi connectivity index (χ1) is 19.7. The van der Waals surface area contributed by atoms with Gasteiger partial charge >= 0.3 is 5.97 Å². The molecule has 0 bridgehead atoms. The summed E-state index contributed by atoms with van der Waals surface area (Å²) in [5.74, 6) is 0.872. The Balaban J connectivity index is 1.63. The summed E-state index contributed by atoms with van der Waals surface area (Å²) < 4.78 is 24.8. The van der Waals surface area contributed by atoms with Gasteiger partial charge in [-0.2, -0.15) is 0 Å². The van der Waals surface area contributed by atoms with Crippen LogP contribution in [-0.2, 0) is 9.53 Å². The second-order valence-electron chi connectivity index (χ2n) is 8.77. The minimum Gasteiger partial charge on any atom is -0.493 e. The van der Waals surface area contributed by atoms with Gasteiger partial charge in [0.1, 0.15) is 5.76 Å². The van der Waals surface area contributed by atoms with Gasteiger partial charge in [-0.1, -0.05) is 27.3 Å². The average molecular weight is 658 g/mol. The van der Waals surface area contributed by atoms with E-state index in [0.717, 1.165) is 5.69 Å². The summed E-state index contributed by atoms with van der Waals surface area (Å²) in [6.07, 6.45) is 3.35. The maximum absolute atomic E-state index is 13.9. The second-order valence-corrected chi connectivity index (χ2v) is 11.6. The number of carbonyl (C=O) groups is 1. The van der Waals surface area contributed by atoms with Crippen molar-refractivity contribution in [3.8, 4) is 11.5 Å². The van der Waals surface area contributed by atoms with Gasteiger partial charge in [0.25, 0.3) is 5.56 Å². The highest BCUT2D eigenvalue weighted by Crippen LogP contribution is 2.40. The van der Waals surface area contributed by atoms with Gasteiger partial charge in [0.2, 0.25) is 0 Å². The molecule has 10 nitrogen and oxygen atoms in total. The molecule has 41 heavy (non-hydrogen) atoms. The molecule has 1 atom stereocenters. The fourth-order valence-electron chi connectivity index (χ4n) is 4.33. The molecule has 0 aliphatic carbocycles. The molecule has 1 aromatic carbocycles. The van der Waals surface area contributed by atoms with Crippen LogP contribution in [0.25, 0.3) is 6.08 Å². The van der Waals surface area contributed by atoms with E-state index >= 15 is 0 Å². The molecule has 0 N–H and O–H groups in total. The number of aromatic nitrogens is 3. The van der Waals surface area contributed by atoms with E-state index in [9.17, 15) is 9.59 Å². The molecule has 1 aliphatic heterocycles. The van der Waals surface area contributed by atoms with Crippen molar-refractivity contribution >= 4 is 51.1 Å². The van der Waals surface area contributed by atoms with E-state index in [1.54, 1.807) is 50.4 Å². The Hall–Kier alpha value is -3.68. The van der Waals surface area contributed by atoms with E-state index in [1.165, 1.54) is 41.9 Å². The van der Waals surface area contributed by atoms with E-state index in [1.807, 2.05) is 13.0 Å². The maximum atomic E-state index is 13.9. The zero-order valence-electron chi connectivity index (χ0n) is 22.8. The summed E-state index contributed by atoms with van der Waals surface area (Å²) >= 11 is 6.10. The number of halogens is 1. The number of allylic oxidation sites excluding steroid dienone is 1. The molecule has 0 unspecified atom stereocenters. The fraction of sp³-hybridized carbons (Fsp3) is 0.250. The smallest absolute Gasteiger partial charge is 0.338 e. The van der Waals surface area contributed by atoms with Gasteiger partial charge in [0, 0.05) is 22.4 Å². The number of nitrogens with zero attached hydrogens (tertiary/aromatic N) is 4. The summed E-state index contributed by atoms with van der Waals surface area (Å²) in [6, 6.07) is 8.04. The second kappa shape index (κ2) is 12.0. The number of fused-ring (bicyclic) bond motifs is 1. The molecule has 0 radical (unpaired) electrons. The summed E-state index contributed by atoms with van der Waals surface area (Å²) in [5, 5.41) is 1.15. The van der Waals surface area contributed by atoms with E-state index in [-0.39, 0.29) is 17.7 Å². The van der Waals surface area contributed by atoms with Gasteiger partial charge in [0.15, 0.2) is 26.5 Å².